The van der Waals surface area contributed by atoms with Crippen molar-refractivity contribution in [2.24, 2.45) is 0 Å². The number of benzene rings is 1. The third-order valence-electron chi connectivity index (χ3n) is 1.17. The first-order valence-electron chi connectivity index (χ1n) is 3.15. The van der Waals surface area contributed by atoms with Gasteiger partial charge in [0.15, 0.2) is 0 Å². The van der Waals surface area contributed by atoms with Crippen molar-refractivity contribution in [3.8, 4) is 0 Å². The van der Waals surface area contributed by atoms with Crippen molar-refractivity contribution >= 4 is 11.6 Å². The highest BCUT2D eigenvalue weighted by Gasteiger charge is 1.80. The largest absolute Gasteiger partial charge is 0.335 e. The highest BCUT2D eigenvalue weighted by Crippen LogP contribution is 2.00. The Morgan fingerprint density at radius 3 is 1.64 bits per heavy atom. The molecule has 11 heavy (non-hydrogen) atoms. The number of hydrogen-bond acceptors (Lipinski definition) is 2. The monoisotopic (exact) mass is 170 g/mol. The van der Waals surface area contributed by atoms with E-state index >= 15 is 0 Å². The number of aryl methyl sites for hydroxylation is 2. The Kier molecular flexibility index (Phi) is 5.29. The Bertz CT molecular complexity index is 235. The Balaban J connectivity index is 0.000000292. The van der Waals surface area contributed by atoms with Gasteiger partial charge in [0.05, 0.1) is 0 Å². The Labute approximate surface area is 69.9 Å². The Hall–Kier alpha value is -0.960. The third kappa shape index (κ3) is 5.48. The molecule has 1 rings (SSSR count). The van der Waals surface area contributed by atoms with E-state index in [1.54, 1.807) is 0 Å². The maximum atomic E-state index is 8.29. The smallest absolute Gasteiger partial charge is 0.168 e. The van der Waals surface area contributed by atoms with Crippen LogP contribution >= 0.6 is 0 Å². The van der Waals surface area contributed by atoms with Crippen LogP contribution in [0.4, 0.5) is 0 Å². The summed E-state index contributed by atoms with van der Waals surface area (Å²) in [6.07, 6.45) is 0. The molecule has 0 spiro atoms. The van der Waals surface area contributed by atoms with Crippen molar-refractivity contribution in [3.63, 3.8) is 0 Å². The average molecular weight is 170 g/mol. The molecule has 2 nitrogen and oxygen atoms in total. The van der Waals surface area contributed by atoms with E-state index in [1.165, 1.54) is 11.1 Å². The Morgan fingerprint density at radius 1 is 1.09 bits per heavy atom. The van der Waals surface area contributed by atoms with Gasteiger partial charge in [0.2, 0.25) is 0 Å². The molecule has 0 saturated carbocycles. The normalized spacial score (nSPS) is 7.82. The maximum Gasteiger partial charge on any atom is 0.335 e. The SMILES string of the molecule is Cc1cccc(C)c1.O=S=O. The predicted octanol–water partition coefficient (Wildman–Crippen LogP) is 1.63. The van der Waals surface area contributed by atoms with Gasteiger partial charge in [0.1, 0.15) is 0 Å². The molecule has 0 fully saturated rings. The lowest BCUT2D eigenvalue weighted by Crippen LogP contribution is -1.71. The molecule has 0 atom stereocenters. The van der Waals surface area contributed by atoms with Crippen molar-refractivity contribution in [2.45, 2.75) is 13.8 Å². The first-order valence-corrected chi connectivity index (χ1v) is 3.82. The molecule has 0 N–H and O–H groups in total. The van der Waals surface area contributed by atoms with Crippen LogP contribution in [0.2, 0.25) is 0 Å². The van der Waals surface area contributed by atoms with Gasteiger partial charge in [0.25, 0.3) is 0 Å². The van der Waals surface area contributed by atoms with Gasteiger partial charge in [-0.2, -0.15) is 8.42 Å². The average Bonchev–Trinajstić information content (AvgIpc) is 1.88. The lowest BCUT2D eigenvalue weighted by atomic mass is 10.2. The molecule has 3 heteroatoms. The lowest BCUT2D eigenvalue weighted by Gasteiger charge is -1.90. The van der Waals surface area contributed by atoms with Gasteiger partial charge in [-0.3, -0.25) is 0 Å². The predicted molar refractivity (Wildman–Crippen MR) is 44.8 cm³/mol. The van der Waals surface area contributed by atoms with Crippen molar-refractivity contribution in [3.05, 3.63) is 35.4 Å². The van der Waals surface area contributed by atoms with Crippen LogP contribution in [-0.4, -0.2) is 8.42 Å². The molecule has 0 aliphatic rings. The minimum absolute atomic E-state index is 0.750. The van der Waals surface area contributed by atoms with Crippen LogP contribution in [0.1, 0.15) is 11.1 Å². The molecule has 0 bridgehead atoms. The van der Waals surface area contributed by atoms with Crippen LogP contribution in [0.25, 0.3) is 0 Å². The van der Waals surface area contributed by atoms with Gasteiger partial charge in [-0.05, 0) is 13.8 Å². The minimum atomic E-state index is -0.750. The van der Waals surface area contributed by atoms with Crippen molar-refractivity contribution < 1.29 is 8.42 Å². The van der Waals surface area contributed by atoms with Gasteiger partial charge < -0.3 is 0 Å². The highest BCUT2D eigenvalue weighted by atomic mass is 32.1. The van der Waals surface area contributed by atoms with Gasteiger partial charge >= 0.3 is 11.6 Å². The van der Waals surface area contributed by atoms with E-state index < -0.39 is 11.6 Å². The second kappa shape index (κ2) is 5.80. The molecule has 0 unspecified atom stereocenters. The zero-order chi connectivity index (χ0) is 8.69. The second-order valence-corrected chi connectivity index (χ2v) is 2.36. The maximum absolute atomic E-state index is 8.29. The van der Waals surface area contributed by atoms with Crippen molar-refractivity contribution in [1.82, 2.24) is 0 Å². The fraction of sp³-hybridized carbons (Fsp3) is 0.250. The highest BCUT2D eigenvalue weighted by molar-refractivity contribution is 7.51. The van der Waals surface area contributed by atoms with E-state index in [4.69, 9.17) is 8.42 Å². The van der Waals surface area contributed by atoms with E-state index in [1.807, 2.05) is 0 Å². The zero-order valence-electron chi connectivity index (χ0n) is 6.53. The molecule has 0 aliphatic carbocycles. The van der Waals surface area contributed by atoms with Crippen LogP contribution in [-0.2, 0) is 11.6 Å². The molecule has 0 heterocycles. The fourth-order valence-corrected chi connectivity index (χ4v) is 0.807. The summed E-state index contributed by atoms with van der Waals surface area (Å²) >= 11 is -0.750. The molecular formula is C8H10O2S. The molecule has 0 saturated heterocycles. The molecule has 1 aromatic carbocycles. The number of rotatable bonds is 0. The quantitative estimate of drug-likeness (QED) is 0.593. The standard InChI is InChI=1S/C8H10.O2S/c1-7-4-3-5-8(2)6-7;1-3-2/h3-6H,1-2H3;. The molecular weight excluding hydrogens is 160 g/mol. The van der Waals surface area contributed by atoms with Gasteiger partial charge in [0, 0.05) is 0 Å². The fourth-order valence-electron chi connectivity index (χ4n) is 0.807. The minimum Gasteiger partial charge on any atom is -0.168 e. The van der Waals surface area contributed by atoms with Crippen molar-refractivity contribution in [1.29, 1.82) is 0 Å². The first-order chi connectivity index (χ1) is 5.20. The molecule has 0 aliphatic heterocycles. The summed E-state index contributed by atoms with van der Waals surface area (Å²) in [5.41, 5.74) is 2.68. The first kappa shape index (κ1) is 10.0. The van der Waals surface area contributed by atoms with Crippen LogP contribution in [0.3, 0.4) is 0 Å². The van der Waals surface area contributed by atoms with Crippen LogP contribution < -0.4 is 0 Å². The summed E-state index contributed by atoms with van der Waals surface area (Å²) in [5.74, 6) is 0. The van der Waals surface area contributed by atoms with Crippen LogP contribution in [0, 0.1) is 13.8 Å². The lowest BCUT2D eigenvalue weighted by molar-refractivity contribution is 0.630. The molecule has 60 valence electrons. The third-order valence-corrected chi connectivity index (χ3v) is 1.17. The summed E-state index contributed by atoms with van der Waals surface area (Å²) in [5, 5.41) is 0. The van der Waals surface area contributed by atoms with Gasteiger partial charge in [-0.15, -0.1) is 0 Å². The number of hydrogen-bond donors (Lipinski definition) is 0. The molecule has 1 aromatic rings. The second-order valence-electron chi connectivity index (χ2n) is 2.23. The molecule has 0 amide bonds. The summed E-state index contributed by atoms with van der Waals surface area (Å²) in [4.78, 5) is 0. The summed E-state index contributed by atoms with van der Waals surface area (Å²) in [7, 11) is 0. The zero-order valence-corrected chi connectivity index (χ0v) is 7.35. The topological polar surface area (TPSA) is 34.1 Å². The molecule has 0 aromatic heterocycles. The van der Waals surface area contributed by atoms with Gasteiger partial charge in [-0.1, -0.05) is 35.4 Å². The van der Waals surface area contributed by atoms with E-state index in [0.717, 1.165) is 0 Å². The molecule has 0 radical (unpaired) electrons. The van der Waals surface area contributed by atoms with Gasteiger partial charge in [-0.25, -0.2) is 0 Å². The van der Waals surface area contributed by atoms with E-state index in [0.29, 0.717) is 0 Å². The summed E-state index contributed by atoms with van der Waals surface area (Å²) in [6, 6.07) is 8.45. The summed E-state index contributed by atoms with van der Waals surface area (Å²) in [6.45, 7) is 4.21. The van der Waals surface area contributed by atoms with E-state index in [2.05, 4.69) is 38.1 Å². The van der Waals surface area contributed by atoms with Crippen LogP contribution in [0.5, 0.6) is 0 Å². The Morgan fingerprint density at radius 2 is 1.45 bits per heavy atom. The van der Waals surface area contributed by atoms with E-state index in [-0.39, 0.29) is 0 Å². The van der Waals surface area contributed by atoms with E-state index in [9.17, 15) is 0 Å². The van der Waals surface area contributed by atoms with Crippen molar-refractivity contribution in [2.75, 3.05) is 0 Å². The van der Waals surface area contributed by atoms with Crippen LogP contribution in [0.15, 0.2) is 24.3 Å². The summed E-state index contributed by atoms with van der Waals surface area (Å²) < 4.78 is 16.6.